The first kappa shape index (κ1) is 25.0. The summed E-state index contributed by atoms with van der Waals surface area (Å²) in [5.41, 5.74) is 1.18. The van der Waals surface area contributed by atoms with Gasteiger partial charge in [-0.25, -0.2) is 4.79 Å². The molecule has 2 aliphatic rings. The standard InChI is InChI=1S/C24H36N4O5/c1-19(2)28(23(30)9-8-22(29)26-12-14-33-15-13-26)18-21-17-25(10-11-27(21)24(31)32)16-20-6-4-3-5-7-20/h3-7,19,21H,8-18H2,1-2H3,(H,31,32)/t21-/m0/s1. The van der Waals surface area contributed by atoms with Gasteiger partial charge in [-0.1, -0.05) is 30.3 Å². The number of piperazine rings is 1. The number of morpholine rings is 1. The number of nitrogens with zero attached hydrogens (tertiary/aromatic N) is 4. The lowest BCUT2D eigenvalue weighted by molar-refractivity contribution is -0.140. The minimum Gasteiger partial charge on any atom is -0.465 e. The summed E-state index contributed by atoms with van der Waals surface area (Å²) in [6.45, 7) is 8.73. The second-order valence-corrected chi connectivity index (χ2v) is 8.98. The fourth-order valence-corrected chi connectivity index (χ4v) is 4.47. The fraction of sp³-hybridized carbons (Fsp3) is 0.625. The molecule has 3 amide bonds. The molecule has 0 bridgehead atoms. The van der Waals surface area contributed by atoms with E-state index in [0.717, 1.165) is 6.54 Å². The van der Waals surface area contributed by atoms with Gasteiger partial charge in [-0.3, -0.25) is 14.5 Å². The summed E-state index contributed by atoms with van der Waals surface area (Å²) in [6.07, 6.45) is -0.671. The van der Waals surface area contributed by atoms with Crippen molar-refractivity contribution in [1.29, 1.82) is 0 Å². The van der Waals surface area contributed by atoms with E-state index in [4.69, 9.17) is 4.74 Å². The average Bonchev–Trinajstić information content (AvgIpc) is 2.81. The van der Waals surface area contributed by atoms with Gasteiger partial charge in [0.1, 0.15) is 0 Å². The number of carboxylic acid groups (broad SMARTS) is 1. The van der Waals surface area contributed by atoms with Crippen molar-refractivity contribution in [3.8, 4) is 0 Å². The van der Waals surface area contributed by atoms with Gasteiger partial charge in [-0.15, -0.1) is 0 Å². The molecule has 0 unspecified atom stereocenters. The molecule has 9 heteroatoms. The van der Waals surface area contributed by atoms with Crippen LogP contribution in [0.25, 0.3) is 0 Å². The lowest BCUT2D eigenvalue weighted by Gasteiger charge is -2.42. The monoisotopic (exact) mass is 460 g/mol. The molecule has 0 aliphatic carbocycles. The second kappa shape index (κ2) is 12.0. The second-order valence-electron chi connectivity index (χ2n) is 8.98. The Morgan fingerprint density at radius 2 is 1.76 bits per heavy atom. The molecule has 1 atom stereocenters. The zero-order chi connectivity index (χ0) is 23.8. The smallest absolute Gasteiger partial charge is 0.407 e. The SMILES string of the molecule is CC(C)N(C[C@@H]1CN(Cc2ccccc2)CCN1C(=O)O)C(=O)CCC(=O)N1CCOCC1. The summed E-state index contributed by atoms with van der Waals surface area (Å²) in [5.74, 6) is -0.147. The quantitative estimate of drug-likeness (QED) is 0.635. The van der Waals surface area contributed by atoms with Gasteiger partial charge >= 0.3 is 6.09 Å². The summed E-state index contributed by atoms with van der Waals surface area (Å²) < 4.78 is 5.28. The topological polar surface area (TPSA) is 93.6 Å². The van der Waals surface area contributed by atoms with Crippen LogP contribution in [0.2, 0.25) is 0 Å². The van der Waals surface area contributed by atoms with Gasteiger partial charge in [0, 0.05) is 64.7 Å². The Morgan fingerprint density at radius 1 is 1.06 bits per heavy atom. The van der Waals surface area contributed by atoms with Crippen molar-refractivity contribution < 1.29 is 24.2 Å². The molecule has 1 aromatic carbocycles. The highest BCUT2D eigenvalue weighted by Gasteiger charge is 2.33. The van der Waals surface area contributed by atoms with Gasteiger partial charge < -0.3 is 24.5 Å². The van der Waals surface area contributed by atoms with Gasteiger partial charge in [0.05, 0.1) is 19.3 Å². The zero-order valence-electron chi connectivity index (χ0n) is 19.7. The van der Waals surface area contributed by atoms with Crippen LogP contribution in [0.15, 0.2) is 30.3 Å². The lowest BCUT2D eigenvalue weighted by Crippen LogP contribution is -2.59. The molecule has 0 saturated carbocycles. The van der Waals surface area contributed by atoms with Gasteiger partial charge in [-0.2, -0.15) is 0 Å². The third kappa shape index (κ3) is 7.17. The van der Waals surface area contributed by atoms with E-state index in [-0.39, 0.29) is 36.7 Å². The van der Waals surface area contributed by atoms with E-state index in [0.29, 0.717) is 52.5 Å². The highest BCUT2D eigenvalue weighted by atomic mass is 16.5. The van der Waals surface area contributed by atoms with Crippen LogP contribution >= 0.6 is 0 Å². The first-order valence-electron chi connectivity index (χ1n) is 11.8. The van der Waals surface area contributed by atoms with Crippen LogP contribution in [0.1, 0.15) is 32.3 Å². The van der Waals surface area contributed by atoms with Crippen molar-refractivity contribution in [3.05, 3.63) is 35.9 Å². The maximum atomic E-state index is 13.0. The summed E-state index contributed by atoms with van der Waals surface area (Å²) in [6, 6.07) is 9.69. The van der Waals surface area contributed by atoms with E-state index >= 15 is 0 Å². The maximum Gasteiger partial charge on any atom is 0.407 e. The molecule has 1 aromatic rings. The number of benzene rings is 1. The molecule has 2 fully saturated rings. The van der Waals surface area contributed by atoms with E-state index in [9.17, 15) is 19.5 Å². The van der Waals surface area contributed by atoms with E-state index in [1.54, 1.807) is 9.80 Å². The Kier molecular flexibility index (Phi) is 9.08. The highest BCUT2D eigenvalue weighted by molar-refractivity contribution is 5.84. The zero-order valence-corrected chi connectivity index (χ0v) is 19.7. The van der Waals surface area contributed by atoms with E-state index in [1.165, 1.54) is 10.5 Å². The van der Waals surface area contributed by atoms with Crippen LogP contribution in [-0.4, -0.2) is 107 Å². The molecule has 2 heterocycles. The average molecular weight is 461 g/mol. The minimum absolute atomic E-state index is 0.0331. The van der Waals surface area contributed by atoms with Crippen molar-refractivity contribution >= 4 is 17.9 Å². The summed E-state index contributed by atoms with van der Waals surface area (Å²) in [5, 5.41) is 9.74. The molecule has 0 spiro atoms. The predicted molar refractivity (Wildman–Crippen MR) is 124 cm³/mol. The normalized spacial score (nSPS) is 19.5. The molecule has 33 heavy (non-hydrogen) atoms. The number of hydrogen-bond donors (Lipinski definition) is 1. The fourth-order valence-electron chi connectivity index (χ4n) is 4.47. The molecule has 2 saturated heterocycles. The first-order valence-corrected chi connectivity index (χ1v) is 11.8. The van der Waals surface area contributed by atoms with Crippen LogP contribution in [-0.2, 0) is 20.9 Å². The third-order valence-corrected chi connectivity index (χ3v) is 6.33. The maximum absolute atomic E-state index is 13.0. The van der Waals surface area contributed by atoms with Gasteiger partial charge in [0.15, 0.2) is 0 Å². The molecule has 1 N–H and O–H groups in total. The van der Waals surface area contributed by atoms with Crippen molar-refractivity contribution in [1.82, 2.24) is 19.6 Å². The predicted octanol–water partition coefficient (Wildman–Crippen LogP) is 1.73. The van der Waals surface area contributed by atoms with Crippen molar-refractivity contribution in [2.45, 2.75) is 45.3 Å². The Labute approximate surface area is 195 Å². The number of amides is 3. The van der Waals surface area contributed by atoms with Gasteiger partial charge in [0.25, 0.3) is 0 Å². The van der Waals surface area contributed by atoms with Crippen LogP contribution < -0.4 is 0 Å². The molecule has 9 nitrogen and oxygen atoms in total. The Balaban J connectivity index is 1.60. The number of hydrogen-bond acceptors (Lipinski definition) is 5. The Morgan fingerprint density at radius 3 is 2.39 bits per heavy atom. The van der Waals surface area contributed by atoms with Crippen LogP contribution in [0, 0.1) is 0 Å². The van der Waals surface area contributed by atoms with Crippen LogP contribution in [0.5, 0.6) is 0 Å². The Bertz CT molecular complexity index is 797. The van der Waals surface area contributed by atoms with Crippen molar-refractivity contribution in [2.24, 2.45) is 0 Å². The number of carbonyl (C=O) groups is 3. The Hall–Kier alpha value is -2.65. The van der Waals surface area contributed by atoms with Gasteiger partial charge in [0.2, 0.25) is 11.8 Å². The third-order valence-electron chi connectivity index (χ3n) is 6.33. The van der Waals surface area contributed by atoms with E-state index in [2.05, 4.69) is 17.0 Å². The van der Waals surface area contributed by atoms with Crippen molar-refractivity contribution in [3.63, 3.8) is 0 Å². The summed E-state index contributed by atoms with van der Waals surface area (Å²) >= 11 is 0. The molecule has 0 aromatic heterocycles. The van der Waals surface area contributed by atoms with Crippen LogP contribution in [0.3, 0.4) is 0 Å². The largest absolute Gasteiger partial charge is 0.465 e. The molecule has 3 rings (SSSR count). The lowest BCUT2D eigenvalue weighted by atomic mass is 10.1. The van der Waals surface area contributed by atoms with Gasteiger partial charge in [-0.05, 0) is 19.4 Å². The molecule has 182 valence electrons. The molecule has 0 radical (unpaired) electrons. The number of rotatable bonds is 8. The van der Waals surface area contributed by atoms with Crippen LogP contribution in [0.4, 0.5) is 4.79 Å². The molecule has 2 aliphatic heterocycles. The summed E-state index contributed by atoms with van der Waals surface area (Å²) in [7, 11) is 0. The van der Waals surface area contributed by atoms with Crippen molar-refractivity contribution in [2.75, 3.05) is 52.5 Å². The minimum atomic E-state index is -0.960. The van der Waals surface area contributed by atoms with E-state index in [1.807, 2.05) is 32.0 Å². The highest BCUT2D eigenvalue weighted by Crippen LogP contribution is 2.17. The summed E-state index contributed by atoms with van der Waals surface area (Å²) in [4.78, 5) is 44.5. The molecular weight excluding hydrogens is 424 g/mol. The number of carbonyl (C=O) groups excluding carboxylic acids is 2. The first-order chi connectivity index (χ1) is 15.8. The molecular formula is C24H36N4O5. The number of ether oxygens (including phenoxy) is 1. The van der Waals surface area contributed by atoms with E-state index < -0.39 is 6.09 Å².